The Bertz CT molecular complexity index is 420. The molecule has 0 aliphatic heterocycles. The van der Waals surface area contributed by atoms with E-state index in [1.165, 1.54) is 0 Å². The Hall–Kier alpha value is -1.57. The number of oxazole rings is 1. The lowest BCUT2D eigenvalue weighted by Crippen LogP contribution is -2.10. The number of aromatic nitrogens is 1. The summed E-state index contributed by atoms with van der Waals surface area (Å²) in [6.45, 7) is 0. The third kappa shape index (κ3) is 2.75. The number of hydrogen-bond acceptors (Lipinski definition) is 5. The van der Waals surface area contributed by atoms with Crippen molar-refractivity contribution in [1.82, 2.24) is 4.98 Å². The number of carboxylic acids is 1. The molecular weight excluding hydrogens is 200 g/mol. The molecule has 0 spiro atoms. The molecule has 0 saturated carbocycles. The molecule has 7 nitrogen and oxygen atoms in total. The minimum Gasteiger partial charge on any atom is -0.476 e. The lowest BCUT2D eigenvalue weighted by atomic mass is 10.5. The van der Waals surface area contributed by atoms with Crippen LogP contribution >= 0.6 is 0 Å². The van der Waals surface area contributed by atoms with E-state index in [1.54, 1.807) is 0 Å². The lowest BCUT2D eigenvalue weighted by Gasteiger charge is -1.94. The molecule has 0 aromatic carbocycles. The average Bonchev–Trinajstić information content (AvgIpc) is 2.31. The van der Waals surface area contributed by atoms with Gasteiger partial charge in [0.2, 0.25) is 10.0 Å². The normalized spacial score (nSPS) is 11.2. The van der Waals surface area contributed by atoms with Crippen molar-refractivity contribution in [2.24, 2.45) is 0 Å². The fourth-order valence-corrected chi connectivity index (χ4v) is 0.988. The van der Waals surface area contributed by atoms with Gasteiger partial charge >= 0.3 is 12.0 Å². The topological polar surface area (TPSA) is 110 Å². The molecule has 0 aliphatic carbocycles. The number of hydrogen-bond donors (Lipinski definition) is 2. The Labute approximate surface area is 73.4 Å². The van der Waals surface area contributed by atoms with Gasteiger partial charge in [0, 0.05) is 0 Å². The summed E-state index contributed by atoms with van der Waals surface area (Å²) < 4.78 is 27.6. The maximum Gasteiger partial charge on any atom is 0.357 e. The van der Waals surface area contributed by atoms with Gasteiger partial charge in [0.1, 0.15) is 6.26 Å². The molecule has 0 unspecified atom stereocenters. The zero-order valence-corrected chi connectivity index (χ0v) is 7.33. The Kier molecular flexibility index (Phi) is 2.24. The maximum absolute atomic E-state index is 10.6. The van der Waals surface area contributed by atoms with Gasteiger partial charge in [-0.25, -0.2) is 17.9 Å². The van der Waals surface area contributed by atoms with Crippen molar-refractivity contribution in [1.29, 1.82) is 0 Å². The second-order valence-electron chi connectivity index (χ2n) is 2.22. The molecule has 2 N–H and O–H groups in total. The molecular formula is C5H6N2O5S. The van der Waals surface area contributed by atoms with E-state index in [0.29, 0.717) is 0 Å². The Morgan fingerprint density at radius 2 is 2.31 bits per heavy atom. The minimum atomic E-state index is -3.49. The standard InChI is InChI=1S/C5H6N2O5S/c1-13(10,11)7-5-6-3(2-12-5)4(8)9/h2H,1H3,(H,6,7)(H,8,9). The molecule has 0 amide bonds. The SMILES string of the molecule is CS(=O)(=O)Nc1nc(C(=O)O)co1. The largest absolute Gasteiger partial charge is 0.476 e. The third-order valence-electron chi connectivity index (χ3n) is 0.996. The van der Waals surface area contributed by atoms with E-state index in [2.05, 4.69) is 9.40 Å². The number of carbonyl (C=O) groups is 1. The van der Waals surface area contributed by atoms with Crippen LogP contribution in [0, 0.1) is 0 Å². The summed E-state index contributed by atoms with van der Waals surface area (Å²) in [5.41, 5.74) is -0.355. The van der Waals surface area contributed by atoms with E-state index in [4.69, 9.17) is 5.11 Å². The van der Waals surface area contributed by atoms with Crippen LogP contribution in [0.4, 0.5) is 6.01 Å². The van der Waals surface area contributed by atoms with E-state index < -0.39 is 16.0 Å². The molecule has 1 heterocycles. The number of aromatic carboxylic acids is 1. The van der Waals surface area contributed by atoms with Crippen molar-refractivity contribution in [3.8, 4) is 0 Å². The second kappa shape index (κ2) is 3.05. The van der Waals surface area contributed by atoms with Gasteiger partial charge in [0.25, 0.3) is 0 Å². The highest BCUT2D eigenvalue weighted by Crippen LogP contribution is 2.08. The molecule has 1 rings (SSSR count). The number of anilines is 1. The molecule has 1 aromatic rings. The number of sulfonamides is 1. The highest BCUT2D eigenvalue weighted by atomic mass is 32.2. The molecule has 0 fully saturated rings. The fraction of sp³-hybridized carbons (Fsp3) is 0.200. The highest BCUT2D eigenvalue weighted by Gasteiger charge is 2.12. The fourth-order valence-electron chi connectivity index (χ4n) is 0.577. The minimum absolute atomic E-state index is 0.355. The van der Waals surface area contributed by atoms with Gasteiger partial charge in [-0.2, -0.15) is 4.98 Å². The highest BCUT2D eigenvalue weighted by molar-refractivity contribution is 7.91. The first-order valence-corrected chi connectivity index (χ1v) is 4.94. The predicted molar refractivity (Wildman–Crippen MR) is 41.9 cm³/mol. The molecule has 0 atom stereocenters. The van der Waals surface area contributed by atoms with Crippen molar-refractivity contribution >= 4 is 22.0 Å². The number of nitrogens with one attached hydrogen (secondary N) is 1. The summed E-state index contributed by atoms with van der Waals surface area (Å²) in [5.74, 6) is -1.29. The molecule has 0 bridgehead atoms. The number of carboxylic acid groups (broad SMARTS) is 1. The van der Waals surface area contributed by atoms with E-state index in [1.807, 2.05) is 4.72 Å². The van der Waals surface area contributed by atoms with E-state index in [0.717, 1.165) is 12.5 Å². The quantitative estimate of drug-likeness (QED) is 0.705. The smallest absolute Gasteiger partial charge is 0.357 e. The first kappa shape index (κ1) is 9.52. The van der Waals surface area contributed by atoms with Gasteiger partial charge in [0.15, 0.2) is 5.69 Å². The summed E-state index contributed by atoms with van der Waals surface area (Å²) in [7, 11) is -3.49. The van der Waals surface area contributed by atoms with Crippen LogP contribution < -0.4 is 4.72 Å². The van der Waals surface area contributed by atoms with Crippen LogP contribution in [-0.2, 0) is 10.0 Å². The van der Waals surface area contributed by atoms with Crippen LogP contribution in [-0.4, -0.2) is 30.7 Å². The van der Waals surface area contributed by atoms with Crippen LogP contribution in [0.3, 0.4) is 0 Å². The maximum atomic E-state index is 10.6. The monoisotopic (exact) mass is 206 g/mol. The van der Waals surface area contributed by atoms with Gasteiger partial charge in [-0.15, -0.1) is 0 Å². The Balaban J connectivity index is 2.87. The molecule has 8 heteroatoms. The van der Waals surface area contributed by atoms with Crippen molar-refractivity contribution in [2.45, 2.75) is 0 Å². The van der Waals surface area contributed by atoms with Crippen LogP contribution in [0.5, 0.6) is 0 Å². The van der Waals surface area contributed by atoms with E-state index in [9.17, 15) is 13.2 Å². The number of rotatable bonds is 3. The molecule has 0 radical (unpaired) electrons. The van der Waals surface area contributed by atoms with Crippen molar-refractivity contribution in [2.75, 3.05) is 11.0 Å². The van der Waals surface area contributed by atoms with E-state index in [-0.39, 0.29) is 11.7 Å². The first-order valence-electron chi connectivity index (χ1n) is 3.05. The van der Waals surface area contributed by atoms with Crippen molar-refractivity contribution in [3.05, 3.63) is 12.0 Å². The zero-order chi connectivity index (χ0) is 10.1. The lowest BCUT2D eigenvalue weighted by molar-refractivity contribution is 0.0690. The van der Waals surface area contributed by atoms with Crippen molar-refractivity contribution < 1.29 is 22.7 Å². The van der Waals surface area contributed by atoms with Gasteiger partial charge in [-0.3, -0.25) is 0 Å². The van der Waals surface area contributed by atoms with Crippen LogP contribution in [0.2, 0.25) is 0 Å². The summed E-state index contributed by atoms with van der Waals surface area (Å²) in [5, 5.41) is 8.40. The Morgan fingerprint density at radius 3 is 2.69 bits per heavy atom. The van der Waals surface area contributed by atoms with Crippen LogP contribution in [0.1, 0.15) is 10.5 Å². The van der Waals surface area contributed by atoms with Crippen LogP contribution in [0.15, 0.2) is 10.7 Å². The van der Waals surface area contributed by atoms with Crippen molar-refractivity contribution in [3.63, 3.8) is 0 Å². The Morgan fingerprint density at radius 1 is 1.69 bits per heavy atom. The van der Waals surface area contributed by atoms with Gasteiger partial charge < -0.3 is 9.52 Å². The van der Waals surface area contributed by atoms with Gasteiger partial charge in [0.05, 0.1) is 6.26 Å². The molecule has 1 aromatic heterocycles. The molecule has 0 saturated heterocycles. The summed E-state index contributed by atoms with van der Waals surface area (Å²) in [6, 6.07) is -0.361. The average molecular weight is 206 g/mol. The number of nitrogens with zero attached hydrogens (tertiary/aromatic N) is 1. The summed E-state index contributed by atoms with van der Waals surface area (Å²) in [4.78, 5) is 13.6. The molecule has 13 heavy (non-hydrogen) atoms. The zero-order valence-electron chi connectivity index (χ0n) is 6.51. The molecule has 0 aliphatic rings. The van der Waals surface area contributed by atoms with Gasteiger partial charge in [-0.05, 0) is 0 Å². The van der Waals surface area contributed by atoms with E-state index >= 15 is 0 Å². The molecule has 72 valence electrons. The summed E-state index contributed by atoms with van der Waals surface area (Å²) in [6.07, 6.45) is 1.74. The second-order valence-corrected chi connectivity index (χ2v) is 3.97. The first-order chi connectivity index (χ1) is 5.88. The van der Waals surface area contributed by atoms with Crippen LogP contribution in [0.25, 0.3) is 0 Å². The summed E-state index contributed by atoms with van der Waals surface area (Å²) >= 11 is 0. The van der Waals surface area contributed by atoms with Gasteiger partial charge in [-0.1, -0.05) is 0 Å². The third-order valence-corrected chi connectivity index (χ3v) is 1.54. The predicted octanol–water partition coefficient (Wildman–Crippen LogP) is -0.256.